The van der Waals surface area contributed by atoms with Crippen molar-refractivity contribution in [2.75, 3.05) is 0 Å². The molecule has 4 rings (SSSR count). The van der Waals surface area contributed by atoms with E-state index in [0.717, 1.165) is 27.3 Å². The summed E-state index contributed by atoms with van der Waals surface area (Å²) in [6.07, 6.45) is 4.99. The van der Waals surface area contributed by atoms with Gasteiger partial charge in [0, 0.05) is 12.4 Å². The van der Waals surface area contributed by atoms with Crippen LogP contribution in [0.15, 0.2) is 60.5 Å². The molecule has 4 aromatic rings. The summed E-state index contributed by atoms with van der Waals surface area (Å²) in [7, 11) is 0. The molecule has 124 valence electrons. The Morgan fingerprint density at radius 2 is 1.96 bits per heavy atom. The van der Waals surface area contributed by atoms with Crippen LogP contribution in [-0.4, -0.2) is 25.4 Å². The largest absolute Gasteiger partial charge is 0.349 e. The third-order valence-electron chi connectivity index (χ3n) is 3.82. The van der Waals surface area contributed by atoms with Crippen molar-refractivity contribution < 1.29 is 4.79 Å². The van der Waals surface area contributed by atoms with Crippen molar-refractivity contribution in [2.24, 2.45) is 0 Å². The summed E-state index contributed by atoms with van der Waals surface area (Å²) in [4.78, 5) is 26.4. The van der Waals surface area contributed by atoms with Crippen LogP contribution in [0.1, 0.15) is 5.69 Å². The number of hydrogen-bond acceptors (Lipinski definition) is 5. The number of aromatic nitrogens is 4. The summed E-state index contributed by atoms with van der Waals surface area (Å²) in [5.74, 6) is -0.0917. The van der Waals surface area contributed by atoms with Crippen molar-refractivity contribution >= 4 is 28.3 Å². The van der Waals surface area contributed by atoms with Crippen LogP contribution in [0.3, 0.4) is 0 Å². The normalized spacial score (nSPS) is 10.9. The average Bonchev–Trinajstić information content (AvgIpc) is 3.31. The molecule has 1 aromatic carbocycles. The predicted molar refractivity (Wildman–Crippen MR) is 96.9 cm³/mol. The Bertz CT molecular complexity index is 1010. The van der Waals surface area contributed by atoms with Crippen molar-refractivity contribution in [3.63, 3.8) is 0 Å². The second-order valence-corrected chi connectivity index (χ2v) is 6.41. The molecule has 6 nitrogen and oxygen atoms in total. The van der Waals surface area contributed by atoms with Crippen LogP contribution in [-0.2, 0) is 17.9 Å². The van der Waals surface area contributed by atoms with Crippen molar-refractivity contribution in [1.82, 2.24) is 24.8 Å². The molecule has 1 N–H and O–H groups in total. The van der Waals surface area contributed by atoms with E-state index >= 15 is 0 Å². The first kappa shape index (κ1) is 15.5. The molecule has 0 saturated heterocycles. The third kappa shape index (κ3) is 3.27. The highest BCUT2D eigenvalue weighted by molar-refractivity contribution is 7.13. The lowest BCUT2D eigenvalue weighted by Gasteiger charge is -2.08. The van der Waals surface area contributed by atoms with E-state index in [2.05, 4.69) is 20.3 Å². The monoisotopic (exact) mass is 349 g/mol. The van der Waals surface area contributed by atoms with Gasteiger partial charge in [-0.3, -0.25) is 14.8 Å². The number of carbonyl (C=O) groups excluding carboxylic acids is 1. The zero-order chi connectivity index (χ0) is 17.1. The van der Waals surface area contributed by atoms with E-state index in [1.54, 1.807) is 30.1 Å². The molecule has 0 aliphatic heterocycles. The minimum Gasteiger partial charge on any atom is -0.349 e. The van der Waals surface area contributed by atoms with Gasteiger partial charge in [-0.05, 0) is 23.6 Å². The molecule has 0 aliphatic rings. The van der Waals surface area contributed by atoms with Gasteiger partial charge in [0.1, 0.15) is 12.2 Å². The summed E-state index contributed by atoms with van der Waals surface area (Å²) in [5.41, 5.74) is 3.39. The first-order valence-corrected chi connectivity index (χ1v) is 8.69. The number of hydrogen-bond donors (Lipinski definition) is 1. The number of amides is 1. The first-order chi connectivity index (χ1) is 12.3. The molecule has 3 heterocycles. The van der Waals surface area contributed by atoms with E-state index in [-0.39, 0.29) is 12.5 Å². The lowest BCUT2D eigenvalue weighted by Crippen LogP contribution is -2.27. The molecule has 0 unspecified atom stereocenters. The Morgan fingerprint density at radius 1 is 1.08 bits per heavy atom. The second-order valence-electron chi connectivity index (χ2n) is 5.47. The fourth-order valence-corrected chi connectivity index (χ4v) is 3.39. The Labute approximate surface area is 148 Å². The van der Waals surface area contributed by atoms with E-state index in [9.17, 15) is 4.79 Å². The van der Waals surface area contributed by atoms with Crippen LogP contribution in [0.2, 0.25) is 0 Å². The van der Waals surface area contributed by atoms with Crippen LogP contribution in [0.25, 0.3) is 21.6 Å². The number of fused-ring (bicyclic) bond motifs is 1. The van der Waals surface area contributed by atoms with Gasteiger partial charge in [0.2, 0.25) is 5.91 Å². The third-order valence-corrected chi connectivity index (χ3v) is 4.70. The topological polar surface area (TPSA) is 72.7 Å². The van der Waals surface area contributed by atoms with Crippen LogP contribution in [0.5, 0.6) is 0 Å². The number of para-hydroxylation sites is 2. The fourth-order valence-electron chi connectivity index (χ4n) is 2.64. The first-order valence-electron chi connectivity index (χ1n) is 7.81. The van der Waals surface area contributed by atoms with Crippen LogP contribution in [0.4, 0.5) is 0 Å². The van der Waals surface area contributed by atoms with E-state index in [4.69, 9.17) is 0 Å². The fraction of sp³-hybridized carbons (Fsp3) is 0.111. The molecule has 1 amide bonds. The zero-order valence-electron chi connectivity index (χ0n) is 13.3. The predicted octanol–water partition coefficient (Wildman–Crippen LogP) is 2.87. The van der Waals surface area contributed by atoms with Crippen molar-refractivity contribution in [3.8, 4) is 10.6 Å². The molecule has 0 atom stereocenters. The van der Waals surface area contributed by atoms with Crippen LogP contribution < -0.4 is 5.32 Å². The van der Waals surface area contributed by atoms with Crippen molar-refractivity contribution in [1.29, 1.82) is 0 Å². The molecule has 0 spiro atoms. The Morgan fingerprint density at radius 3 is 2.84 bits per heavy atom. The summed E-state index contributed by atoms with van der Waals surface area (Å²) in [5, 5.41) is 4.92. The number of nitrogens with zero attached hydrogens (tertiary/aromatic N) is 4. The van der Waals surface area contributed by atoms with Crippen molar-refractivity contribution in [2.45, 2.75) is 13.1 Å². The second kappa shape index (κ2) is 6.82. The Kier molecular flexibility index (Phi) is 4.22. The van der Waals surface area contributed by atoms with Crippen molar-refractivity contribution in [3.05, 3.63) is 66.2 Å². The SMILES string of the molecule is O=C(Cn1cnc2ccccc21)NCc1nccnc1-c1cccs1. The highest BCUT2D eigenvalue weighted by atomic mass is 32.1. The standard InChI is InChI=1S/C18H15N5OS/c24-17(11-23-12-22-13-4-1-2-5-15(13)23)21-10-14-18(20-8-7-19-14)16-6-3-9-25-16/h1-9,12H,10-11H2,(H,21,24). The van der Waals surface area contributed by atoms with E-state index in [1.807, 2.05) is 46.3 Å². The molecule has 0 radical (unpaired) electrons. The number of rotatable bonds is 5. The van der Waals surface area contributed by atoms with E-state index in [0.29, 0.717) is 6.54 Å². The van der Waals surface area contributed by atoms with Crippen LogP contribution >= 0.6 is 11.3 Å². The molecular weight excluding hydrogens is 334 g/mol. The maximum atomic E-state index is 12.3. The molecule has 0 fully saturated rings. The van der Waals surface area contributed by atoms with E-state index < -0.39 is 0 Å². The molecule has 0 bridgehead atoms. The molecule has 3 aromatic heterocycles. The molecule has 0 aliphatic carbocycles. The van der Waals surface area contributed by atoms with Gasteiger partial charge in [0.15, 0.2) is 0 Å². The van der Waals surface area contributed by atoms with Gasteiger partial charge in [0.25, 0.3) is 0 Å². The van der Waals surface area contributed by atoms with Gasteiger partial charge < -0.3 is 9.88 Å². The number of thiophene rings is 1. The number of benzene rings is 1. The van der Waals surface area contributed by atoms with Gasteiger partial charge >= 0.3 is 0 Å². The minimum absolute atomic E-state index is 0.0917. The number of nitrogens with one attached hydrogen (secondary N) is 1. The molecular formula is C18H15N5OS. The molecule has 7 heteroatoms. The lowest BCUT2D eigenvalue weighted by molar-refractivity contribution is -0.121. The highest BCUT2D eigenvalue weighted by Crippen LogP contribution is 2.24. The van der Waals surface area contributed by atoms with Gasteiger partial charge in [-0.25, -0.2) is 4.98 Å². The minimum atomic E-state index is -0.0917. The van der Waals surface area contributed by atoms with E-state index in [1.165, 1.54) is 0 Å². The van der Waals surface area contributed by atoms with Gasteiger partial charge in [-0.15, -0.1) is 11.3 Å². The Balaban J connectivity index is 1.46. The summed E-state index contributed by atoms with van der Waals surface area (Å²) < 4.78 is 1.83. The van der Waals surface area contributed by atoms with Gasteiger partial charge in [-0.1, -0.05) is 18.2 Å². The van der Waals surface area contributed by atoms with Gasteiger partial charge in [0.05, 0.1) is 34.5 Å². The zero-order valence-corrected chi connectivity index (χ0v) is 14.1. The number of carbonyl (C=O) groups is 1. The Hall–Kier alpha value is -3.06. The average molecular weight is 349 g/mol. The van der Waals surface area contributed by atoms with Gasteiger partial charge in [-0.2, -0.15) is 0 Å². The highest BCUT2D eigenvalue weighted by Gasteiger charge is 2.11. The summed E-state index contributed by atoms with van der Waals surface area (Å²) >= 11 is 1.60. The maximum Gasteiger partial charge on any atom is 0.240 e. The lowest BCUT2D eigenvalue weighted by atomic mass is 10.2. The smallest absolute Gasteiger partial charge is 0.240 e. The number of imidazole rings is 1. The molecule has 0 saturated carbocycles. The quantitative estimate of drug-likeness (QED) is 0.601. The maximum absolute atomic E-state index is 12.3. The molecule has 25 heavy (non-hydrogen) atoms. The van der Waals surface area contributed by atoms with Crippen LogP contribution in [0, 0.1) is 0 Å². The summed E-state index contributed by atoms with van der Waals surface area (Å²) in [6, 6.07) is 11.7. The summed E-state index contributed by atoms with van der Waals surface area (Å²) in [6.45, 7) is 0.557.